The lowest BCUT2D eigenvalue weighted by atomic mass is 10.1. The van der Waals surface area contributed by atoms with Gasteiger partial charge in [0.15, 0.2) is 0 Å². The maximum atomic E-state index is 13.2. The minimum atomic E-state index is -1.25. The Labute approximate surface area is 195 Å². The number of nitrogens with zero attached hydrogens (tertiary/aromatic N) is 1. The second-order valence-electron chi connectivity index (χ2n) is 7.91. The average molecular weight is 480 g/mol. The van der Waals surface area contributed by atoms with Crippen molar-refractivity contribution in [1.82, 2.24) is 15.5 Å². The van der Waals surface area contributed by atoms with Crippen LogP contribution in [0, 0.1) is 0 Å². The number of primary amides is 1. The van der Waals surface area contributed by atoms with Gasteiger partial charge in [0.25, 0.3) is 0 Å². The fraction of sp³-hybridized carbons (Fsp3) is 0.476. The molecule has 3 rings (SSSR count). The van der Waals surface area contributed by atoms with Crippen molar-refractivity contribution in [1.29, 1.82) is 0 Å². The topological polar surface area (TPSA) is 160 Å². The number of halogens is 1. The van der Waals surface area contributed by atoms with Gasteiger partial charge in [0.05, 0.1) is 19.2 Å². The predicted molar refractivity (Wildman–Crippen MR) is 118 cm³/mol. The summed E-state index contributed by atoms with van der Waals surface area (Å²) in [6.07, 6.45) is 1.02. The number of carbonyl (C=O) groups is 5. The first kappa shape index (κ1) is 24.3. The highest BCUT2D eigenvalue weighted by molar-refractivity contribution is 6.31. The second kappa shape index (κ2) is 10.5. The molecule has 1 aromatic carbocycles. The van der Waals surface area contributed by atoms with Gasteiger partial charge < -0.3 is 31.3 Å². The average Bonchev–Trinajstić information content (AvgIpc) is 3.42. The summed E-state index contributed by atoms with van der Waals surface area (Å²) in [7, 11) is 1.45. The molecule has 3 unspecified atom stereocenters. The zero-order chi connectivity index (χ0) is 24.1. The van der Waals surface area contributed by atoms with E-state index < -0.39 is 48.2 Å². The van der Waals surface area contributed by atoms with Gasteiger partial charge in [-0.3, -0.25) is 24.0 Å². The molecule has 2 aliphatic heterocycles. The van der Waals surface area contributed by atoms with Crippen molar-refractivity contribution in [2.45, 2.75) is 50.2 Å². The van der Waals surface area contributed by atoms with Crippen LogP contribution in [0.15, 0.2) is 18.2 Å². The third-order valence-electron chi connectivity index (χ3n) is 5.59. The first-order valence-corrected chi connectivity index (χ1v) is 10.9. The van der Waals surface area contributed by atoms with Gasteiger partial charge in [-0.25, -0.2) is 0 Å². The van der Waals surface area contributed by atoms with Crippen LogP contribution in [0.2, 0.25) is 5.02 Å². The molecule has 2 heterocycles. The van der Waals surface area contributed by atoms with Crippen LogP contribution >= 0.6 is 11.6 Å². The highest BCUT2D eigenvalue weighted by atomic mass is 35.5. The SMILES string of the molecule is COc1ccc(Cl)cc1NC(=O)C1CCCN1C(=O)C(CC(N)=O)NC(=O)C1CCC(=O)N1. The molecule has 3 atom stereocenters. The fourth-order valence-corrected chi connectivity index (χ4v) is 4.15. The molecule has 178 valence electrons. The Morgan fingerprint density at radius 1 is 1.27 bits per heavy atom. The van der Waals surface area contributed by atoms with Crippen molar-refractivity contribution < 1.29 is 28.7 Å². The van der Waals surface area contributed by atoms with Crippen molar-refractivity contribution in [3.05, 3.63) is 23.2 Å². The van der Waals surface area contributed by atoms with Gasteiger partial charge in [-0.1, -0.05) is 11.6 Å². The van der Waals surface area contributed by atoms with E-state index in [-0.39, 0.29) is 18.9 Å². The number of benzene rings is 1. The molecule has 5 N–H and O–H groups in total. The minimum Gasteiger partial charge on any atom is -0.495 e. The van der Waals surface area contributed by atoms with Gasteiger partial charge in [0.1, 0.15) is 23.9 Å². The highest BCUT2D eigenvalue weighted by Gasteiger charge is 2.39. The fourth-order valence-electron chi connectivity index (χ4n) is 3.98. The van der Waals surface area contributed by atoms with Crippen LogP contribution in [-0.4, -0.2) is 66.2 Å². The Kier molecular flexibility index (Phi) is 7.75. The van der Waals surface area contributed by atoms with Crippen molar-refractivity contribution in [2.24, 2.45) is 5.73 Å². The van der Waals surface area contributed by atoms with Crippen molar-refractivity contribution in [2.75, 3.05) is 19.0 Å². The molecule has 2 aliphatic rings. The molecule has 0 spiro atoms. The summed E-state index contributed by atoms with van der Waals surface area (Å²) in [5, 5.41) is 8.15. The van der Waals surface area contributed by atoms with E-state index in [1.54, 1.807) is 12.1 Å². The Hall–Kier alpha value is -3.34. The summed E-state index contributed by atoms with van der Waals surface area (Å²) >= 11 is 6.02. The van der Waals surface area contributed by atoms with E-state index >= 15 is 0 Å². The number of nitrogens with two attached hydrogens (primary N) is 1. The van der Waals surface area contributed by atoms with Crippen LogP contribution in [0.1, 0.15) is 32.1 Å². The van der Waals surface area contributed by atoms with Crippen LogP contribution < -0.4 is 26.4 Å². The smallest absolute Gasteiger partial charge is 0.247 e. The molecule has 0 saturated carbocycles. The van der Waals surface area contributed by atoms with E-state index in [9.17, 15) is 24.0 Å². The Morgan fingerprint density at radius 2 is 2.03 bits per heavy atom. The predicted octanol–water partition coefficient (Wildman–Crippen LogP) is -0.0831. The summed E-state index contributed by atoms with van der Waals surface area (Å²) in [4.78, 5) is 63.0. The van der Waals surface area contributed by atoms with E-state index in [1.807, 2.05) is 0 Å². The number of methoxy groups -OCH3 is 1. The molecule has 12 heteroatoms. The van der Waals surface area contributed by atoms with Crippen LogP contribution in [0.4, 0.5) is 5.69 Å². The van der Waals surface area contributed by atoms with E-state index in [0.29, 0.717) is 35.7 Å². The van der Waals surface area contributed by atoms with Gasteiger partial charge in [0, 0.05) is 18.0 Å². The lowest BCUT2D eigenvalue weighted by Crippen LogP contribution is -2.56. The number of carbonyl (C=O) groups excluding carboxylic acids is 5. The number of hydrogen-bond acceptors (Lipinski definition) is 6. The standard InChI is InChI=1S/C21H26ClN5O6/c1-33-16-6-4-11(22)9-13(16)25-20(31)15-3-2-8-27(15)21(32)14(10-17(23)28)26-19(30)12-5-7-18(29)24-12/h4,6,9,12,14-15H,2-3,5,7-8,10H2,1H3,(H2,23,28)(H,24,29)(H,25,31)(H,26,30). The first-order valence-electron chi connectivity index (χ1n) is 10.5. The molecule has 0 aromatic heterocycles. The quantitative estimate of drug-likeness (QED) is 0.408. The number of ether oxygens (including phenoxy) is 1. The molecular formula is C21H26ClN5O6. The molecule has 0 radical (unpaired) electrons. The van der Waals surface area contributed by atoms with E-state index in [0.717, 1.165) is 0 Å². The lowest BCUT2D eigenvalue weighted by Gasteiger charge is -2.29. The molecule has 0 bridgehead atoms. The molecule has 2 saturated heterocycles. The Bertz CT molecular complexity index is 970. The van der Waals surface area contributed by atoms with E-state index in [4.69, 9.17) is 22.1 Å². The number of likely N-dealkylation sites (tertiary alicyclic amines) is 1. The largest absolute Gasteiger partial charge is 0.495 e. The Morgan fingerprint density at radius 3 is 2.67 bits per heavy atom. The summed E-state index contributed by atoms with van der Waals surface area (Å²) < 4.78 is 5.24. The van der Waals surface area contributed by atoms with Gasteiger partial charge in [0.2, 0.25) is 29.5 Å². The minimum absolute atomic E-state index is 0.202. The van der Waals surface area contributed by atoms with Crippen molar-refractivity contribution >= 4 is 46.8 Å². The second-order valence-corrected chi connectivity index (χ2v) is 8.35. The van der Waals surface area contributed by atoms with Gasteiger partial charge in [-0.15, -0.1) is 0 Å². The summed E-state index contributed by atoms with van der Waals surface area (Å²) in [5.74, 6) is -2.27. The van der Waals surface area contributed by atoms with Gasteiger partial charge in [-0.2, -0.15) is 0 Å². The lowest BCUT2D eigenvalue weighted by molar-refractivity contribution is -0.141. The number of rotatable bonds is 8. The Balaban J connectivity index is 1.73. The van der Waals surface area contributed by atoms with Crippen LogP contribution in [-0.2, 0) is 24.0 Å². The number of nitrogens with one attached hydrogen (secondary N) is 3. The normalized spacial score (nSPS) is 20.7. The van der Waals surface area contributed by atoms with E-state index in [1.165, 1.54) is 18.1 Å². The van der Waals surface area contributed by atoms with Crippen LogP contribution in [0.3, 0.4) is 0 Å². The monoisotopic (exact) mass is 479 g/mol. The third kappa shape index (κ3) is 5.92. The van der Waals surface area contributed by atoms with Crippen LogP contribution in [0.25, 0.3) is 0 Å². The van der Waals surface area contributed by atoms with Gasteiger partial charge >= 0.3 is 0 Å². The van der Waals surface area contributed by atoms with Crippen LogP contribution in [0.5, 0.6) is 5.75 Å². The molecule has 0 aliphatic carbocycles. The number of anilines is 1. The number of amides is 5. The first-order chi connectivity index (χ1) is 15.7. The molecule has 2 fully saturated rings. The van der Waals surface area contributed by atoms with Gasteiger partial charge in [-0.05, 0) is 37.5 Å². The molecule has 11 nitrogen and oxygen atoms in total. The van der Waals surface area contributed by atoms with Crippen molar-refractivity contribution in [3.63, 3.8) is 0 Å². The maximum absolute atomic E-state index is 13.2. The number of hydrogen-bond donors (Lipinski definition) is 4. The zero-order valence-electron chi connectivity index (χ0n) is 18.1. The molecular weight excluding hydrogens is 454 g/mol. The zero-order valence-corrected chi connectivity index (χ0v) is 18.8. The molecule has 5 amide bonds. The van der Waals surface area contributed by atoms with E-state index in [2.05, 4.69) is 16.0 Å². The summed E-state index contributed by atoms with van der Waals surface area (Å²) in [6, 6.07) is 1.90. The molecule has 1 aromatic rings. The highest BCUT2D eigenvalue weighted by Crippen LogP contribution is 2.29. The summed E-state index contributed by atoms with van der Waals surface area (Å²) in [5.41, 5.74) is 5.64. The van der Waals surface area contributed by atoms with Crippen molar-refractivity contribution in [3.8, 4) is 5.75 Å². The third-order valence-corrected chi connectivity index (χ3v) is 5.82. The molecule has 33 heavy (non-hydrogen) atoms. The summed E-state index contributed by atoms with van der Waals surface area (Å²) in [6.45, 7) is 0.273. The maximum Gasteiger partial charge on any atom is 0.247 e.